The molecule has 0 unspecified atom stereocenters. The Morgan fingerprint density at radius 3 is 2.29 bits per heavy atom. The predicted molar refractivity (Wildman–Crippen MR) is 88.4 cm³/mol. The summed E-state index contributed by atoms with van der Waals surface area (Å²) < 4.78 is 5.04. The minimum atomic E-state index is -0.878. The van der Waals surface area contributed by atoms with E-state index in [-0.39, 0.29) is 17.8 Å². The van der Waals surface area contributed by atoms with Crippen molar-refractivity contribution < 1.29 is 19.1 Å². The van der Waals surface area contributed by atoms with Crippen molar-refractivity contribution in [2.75, 3.05) is 12.4 Å². The van der Waals surface area contributed by atoms with Crippen LogP contribution in [0.15, 0.2) is 48.5 Å². The topological polar surface area (TPSA) is 111 Å². The van der Waals surface area contributed by atoms with Gasteiger partial charge in [0.25, 0.3) is 5.91 Å². The quantitative estimate of drug-likeness (QED) is 0.713. The van der Waals surface area contributed by atoms with Gasteiger partial charge in [-0.2, -0.15) is 0 Å². The second kappa shape index (κ2) is 7.77. The number of methoxy groups -OCH3 is 1. The number of nitrogens with two attached hydrogens (primary N) is 1. The van der Waals surface area contributed by atoms with E-state index < -0.39 is 17.7 Å². The molecule has 124 valence electrons. The van der Waals surface area contributed by atoms with Crippen LogP contribution in [0, 0.1) is 0 Å². The molecule has 2 rings (SSSR count). The van der Waals surface area contributed by atoms with Crippen molar-refractivity contribution >= 4 is 23.4 Å². The van der Waals surface area contributed by atoms with Crippen LogP contribution in [0.5, 0.6) is 5.75 Å². The van der Waals surface area contributed by atoms with E-state index in [0.29, 0.717) is 5.75 Å². The highest BCUT2D eigenvalue weighted by molar-refractivity contribution is 6.40. The highest BCUT2D eigenvalue weighted by Crippen LogP contribution is 2.14. The molecule has 7 nitrogen and oxygen atoms in total. The van der Waals surface area contributed by atoms with Gasteiger partial charge in [0.2, 0.25) is 0 Å². The summed E-state index contributed by atoms with van der Waals surface area (Å²) in [4.78, 5) is 35.1. The van der Waals surface area contributed by atoms with Gasteiger partial charge >= 0.3 is 11.8 Å². The summed E-state index contributed by atoms with van der Waals surface area (Å²) in [5, 5.41) is 4.87. The maximum absolute atomic E-state index is 11.9. The number of carbonyl (C=O) groups excluding carboxylic acids is 3. The first-order valence-electron chi connectivity index (χ1n) is 7.12. The Morgan fingerprint density at radius 1 is 1.00 bits per heavy atom. The number of ether oxygens (including phenoxy) is 1. The SMILES string of the molecule is COc1ccc(CNC(=O)C(=O)Nc2ccccc2C(N)=O)cc1. The summed E-state index contributed by atoms with van der Waals surface area (Å²) in [5.74, 6) is -1.68. The lowest BCUT2D eigenvalue weighted by molar-refractivity contribution is -0.136. The van der Waals surface area contributed by atoms with E-state index in [0.717, 1.165) is 5.56 Å². The monoisotopic (exact) mass is 327 g/mol. The standard InChI is InChI=1S/C17H17N3O4/c1-24-12-8-6-11(7-9-12)10-19-16(22)17(23)20-14-5-3-2-4-13(14)15(18)21/h2-9H,10H2,1H3,(H2,18,21)(H,19,22)(H,20,23). The van der Waals surface area contributed by atoms with Crippen LogP contribution in [0.1, 0.15) is 15.9 Å². The number of carbonyl (C=O) groups is 3. The lowest BCUT2D eigenvalue weighted by Gasteiger charge is -2.09. The van der Waals surface area contributed by atoms with Gasteiger partial charge in [0.15, 0.2) is 0 Å². The summed E-state index contributed by atoms with van der Waals surface area (Å²) in [6.45, 7) is 0.188. The number of anilines is 1. The maximum atomic E-state index is 11.9. The molecule has 7 heteroatoms. The van der Waals surface area contributed by atoms with Crippen LogP contribution in [0.3, 0.4) is 0 Å². The first-order valence-corrected chi connectivity index (χ1v) is 7.12. The molecule has 0 aliphatic rings. The Morgan fingerprint density at radius 2 is 1.67 bits per heavy atom. The Balaban J connectivity index is 1.95. The largest absolute Gasteiger partial charge is 0.497 e. The minimum Gasteiger partial charge on any atom is -0.497 e. The number of benzene rings is 2. The van der Waals surface area contributed by atoms with Crippen molar-refractivity contribution in [1.29, 1.82) is 0 Å². The number of para-hydroxylation sites is 1. The third-order valence-corrected chi connectivity index (χ3v) is 3.26. The summed E-state index contributed by atoms with van der Waals surface area (Å²) >= 11 is 0. The van der Waals surface area contributed by atoms with Crippen LogP contribution in [-0.2, 0) is 16.1 Å². The Hall–Kier alpha value is -3.35. The first kappa shape index (κ1) is 17.0. The average molecular weight is 327 g/mol. The van der Waals surface area contributed by atoms with Gasteiger partial charge in [-0.15, -0.1) is 0 Å². The molecule has 4 N–H and O–H groups in total. The van der Waals surface area contributed by atoms with Gasteiger partial charge in [-0.05, 0) is 29.8 Å². The summed E-state index contributed by atoms with van der Waals surface area (Å²) in [6.07, 6.45) is 0. The van der Waals surface area contributed by atoms with Crippen LogP contribution in [0.25, 0.3) is 0 Å². The molecule has 2 aromatic rings. The van der Waals surface area contributed by atoms with Gasteiger partial charge < -0.3 is 21.1 Å². The van der Waals surface area contributed by atoms with Crippen LogP contribution < -0.4 is 21.1 Å². The molecule has 0 saturated heterocycles. The van der Waals surface area contributed by atoms with E-state index in [4.69, 9.17) is 10.5 Å². The van der Waals surface area contributed by atoms with Gasteiger partial charge in [0.1, 0.15) is 5.75 Å². The second-order valence-corrected chi connectivity index (χ2v) is 4.89. The third-order valence-electron chi connectivity index (χ3n) is 3.26. The molecule has 3 amide bonds. The van der Waals surface area contributed by atoms with Crippen molar-refractivity contribution in [2.24, 2.45) is 5.73 Å². The molecule has 0 spiro atoms. The third kappa shape index (κ3) is 4.33. The smallest absolute Gasteiger partial charge is 0.313 e. The predicted octanol–water partition coefficient (Wildman–Crippen LogP) is 1.05. The van der Waals surface area contributed by atoms with E-state index in [9.17, 15) is 14.4 Å². The zero-order valence-corrected chi connectivity index (χ0v) is 13.0. The zero-order chi connectivity index (χ0) is 17.5. The summed E-state index contributed by atoms with van der Waals surface area (Å²) in [7, 11) is 1.56. The lowest BCUT2D eigenvalue weighted by Crippen LogP contribution is -2.35. The molecule has 0 bridgehead atoms. The van der Waals surface area contributed by atoms with Gasteiger partial charge in [-0.25, -0.2) is 0 Å². The first-order chi connectivity index (χ1) is 11.5. The molecule has 0 aromatic heterocycles. The van der Waals surface area contributed by atoms with Gasteiger partial charge in [0, 0.05) is 6.54 Å². The summed E-state index contributed by atoms with van der Waals surface area (Å²) in [6, 6.07) is 13.3. The fourth-order valence-corrected chi connectivity index (χ4v) is 1.99. The highest BCUT2D eigenvalue weighted by atomic mass is 16.5. The van der Waals surface area contributed by atoms with Crippen LogP contribution in [-0.4, -0.2) is 24.8 Å². The molecule has 0 aliphatic heterocycles. The normalized spacial score (nSPS) is 9.88. The van der Waals surface area contributed by atoms with Crippen LogP contribution in [0.2, 0.25) is 0 Å². The molecule has 0 atom stereocenters. The van der Waals surface area contributed by atoms with E-state index >= 15 is 0 Å². The molecule has 0 heterocycles. The van der Waals surface area contributed by atoms with Crippen molar-refractivity contribution in [3.63, 3.8) is 0 Å². The highest BCUT2D eigenvalue weighted by Gasteiger charge is 2.16. The van der Waals surface area contributed by atoms with E-state index in [1.54, 1.807) is 43.5 Å². The van der Waals surface area contributed by atoms with Crippen molar-refractivity contribution in [1.82, 2.24) is 5.32 Å². The van der Waals surface area contributed by atoms with Gasteiger partial charge in [-0.3, -0.25) is 14.4 Å². The van der Waals surface area contributed by atoms with E-state index in [1.807, 2.05) is 0 Å². The van der Waals surface area contributed by atoms with Gasteiger partial charge in [0.05, 0.1) is 18.4 Å². The molecular formula is C17H17N3O4. The number of hydrogen-bond donors (Lipinski definition) is 3. The molecule has 24 heavy (non-hydrogen) atoms. The van der Waals surface area contributed by atoms with E-state index in [2.05, 4.69) is 10.6 Å². The van der Waals surface area contributed by atoms with Crippen molar-refractivity contribution in [2.45, 2.75) is 6.54 Å². The molecule has 2 aromatic carbocycles. The molecule has 0 radical (unpaired) electrons. The van der Waals surface area contributed by atoms with Crippen LogP contribution in [0.4, 0.5) is 5.69 Å². The number of primary amides is 1. The zero-order valence-electron chi connectivity index (χ0n) is 13.0. The number of rotatable bonds is 5. The fourth-order valence-electron chi connectivity index (χ4n) is 1.99. The molecule has 0 saturated carbocycles. The van der Waals surface area contributed by atoms with Crippen LogP contribution >= 0.6 is 0 Å². The minimum absolute atomic E-state index is 0.133. The Kier molecular flexibility index (Phi) is 5.51. The van der Waals surface area contributed by atoms with Crippen molar-refractivity contribution in [3.8, 4) is 5.75 Å². The average Bonchev–Trinajstić information content (AvgIpc) is 2.60. The lowest BCUT2D eigenvalue weighted by atomic mass is 10.1. The number of amides is 3. The van der Waals surface area contributed by atoms with Gasteiger partial charge in [-0.1, -0.05) is 24.3 Å². The number of hydrogen-bond acceptors (Lipinski definition) is 4. The molecule has 0 fully saturated rings. The fraction of sp³-hybridized carbons (Fsp3) is 0.118. The second-order valence-electron chi connectivity index (χ2n) is 4.89. The molecule has 0 aliphatic carbocycles. The maximum Gasteiger partial charge on any atom is 0.313 e. The Labute approximate surface area is 138 Å². The van der Waals surface area contributed by atoms with E-state index in [1.165, 1.54) is 12.1 Å². The van der Waals surface area contributed by atoms with Crippen molar-refractivity contribution in [3.05, 3.63) is 59.7 Å². The summed E-state index contributed by atoms with van der Waals surface area (Å²) in [5.41, 5.74) is 6.36. The number of nitrogens with one attached hydrogen (secondary N) is 2. The molecular weight excluding hydrogens is 310 g/mol. The Bertz CT molecular complexity index is 757.